The van der Waals surface area contributed by atoms with Gasteiger partial charge in [-0.05, 0) is 47.0 Å². The third-order valence-electron chi connectivity index (χ3n) is 12.4. The van der Waals surface area contributed by atoms with E-state index in [2.05, 4.69) is 0 Å². The van der Waals surface area contributed by atoms with Gasteiger partial charge >= 0.3 is 11.9 Å². The van der Waals surface area contributed by atoms with Gasteiger partial charge in [0.05, 0.1) is 35.6 Å². The SMILES string of the molecule is C[C@H]1C(=O)O[C@@H]2[C@H]1O[C@@]1(C)C(=O)[C@@]3(C)CC[C@]45C[C@]67OC(=O)C[C@H]6OC(C)(C)[C@@H]7C[C@H](O)[C@H]4C(=O)[C@@](O)(O5)[C@H]3[C@@H]21. The summed E-state index contributed by atoms with van der Waals surface area (Å²) in [6.45, 7) is 8.87. The fourth-order valence-electron chi connectivity index (χ4n) is 10.9. The molecule has 0 radical (unpaired) electrons. The zero-order valence-corrected chi connectivity index (χ0v) is 23.3. The molecule has 40 heavy (non-hydrogen) atoms. The van der Waals surface area contributed by atoms with Crippen LogP contribution in [0.4, 0.5) is 0 Å². The lowest BCUT2D eigenvalue weighted by molar-refractivity contribution is -0.265. The summed E-state index contributed by atoms with van der Waals surface area (Å²) in [5.74, 6) is -8.20. The first-order valence-electron chi connectivity index (χ1n) is 14.5. The number of rotatable bonds is 0. The molecule has 0 amide bonds. The van der Waals surface area contributed by atoms with Crippen molar-refractivity contribution in [1.29, 1.82) is 0 Å². The van der Waals surface area contributed by atoms with E-state index < -0.39 is 105 Å². The van der Waals surface area contributed by atoms with Crippen LogP contribution >= 0.6 is 0 Å². The molecule has 8 aliphatic rings. The molecule has 8 fully saturated rings. The molecular formula is C29H36O11. The molecule has 0 unspecified atom stereocenters. The fourth-order valence-corrected chi connectivity index (χ4v) is 10.9. The third kappa shape index (κ3) is 2.55. The van der Waals surface area contributed by atoms with Crippen LogP contribution in [0, 0.1) is 35.0 Å². The van der Waals surface area contributed by atoms with Gasteiger partial charge in [0.25, 0.3) is 0 Å². The van der Waals surface area contributed by atoms with Crippen LogP contribution in [0.3, 0.4) is 0 Å². The second-order valence-electron chi connectivity index (χ2n) is 14.7. The van der Waals surface area contributed by atoms with Gasteiger partial charge in [-0.3, -0.25) is 19.2 Å². The summed E-state index contributed by atoms with van der Waals surface area (Å²) in [4.78, 5) is 53.9. The van der Waals surface area contributed by atoms with E-state index in [-0.39, 0.29) is 37.9 Å². The zero-order valence-electron chi connectivity index (χ0n) is 23.3. The van der Waals surface area contributed by atoms with Crippen LogP contribution in [-0.4, -0.2) is 86.3 Å². The minimum absolute atomic E-state index is 0.0538. The van der Waals surface area contributed by atoms with E-state index in [1.54, 1.807) is 20.8 Å². The van der Waals surface area contributed by atoms with Crippen LogP contribution in [0.1, 0.15) is 66.7 Å². The molecule has 2 N–H and O–H groups in total. The van der Waals surface area contributed by atoms with Crippen molar-refractivity contribution >= 4 is 23.5 Å². The molecule has 0 aromatic heterocycles. The Balaban J connectivity index is 1.28. The molecule has 6 aliphatic heterocycles. The molecule has 2 bridgehead atoms. The van der Waals surface area contributed by atoms with E-state index in [4.69, 9.17) is 23.7 Å². The first-order valence-corrected chi connectivity index (χ1v) is 14.5. The van der Waals surface area contributed by atoms with Crippen LogP contribution in [0.5, 0.6) is 0 Å². The number of fused-ring (bicyclic) bond motifs is 7. The van der Waals surface area contributed by atoms with E-state index in [0.717, 1.165) is 0 Å². The lowest BCUT2D eigenvalue weighted by Gasteiger charge is -2.41. The number of carbonyl (C=O) groups is 4. The normalized spacial score (nSPS) is 60.6. The number of aliphatic hydroxyl groups is 2. The topological polar surface area (TPSA) is 155 Å². The minimum atomic E-state index is -2.44. The van der Waals surface area contributed by atoms with Crippen molar-refractivity contribution in [2.45, 2.75) is 119 Å². The van der Waals surface area contributed by atoms with Gasteiger partial charge in [-0.1, -0.05) is 6.92 Å². The predicted octanol–water partition coefficient (Wildman–Crippen LogP) is 0.598. The van der Waals surface area contributed by atoms with Gasteiger partial charge in [0.2, 0.25) is 11.6 Å². The van der Waals surface area contributed by atoms with Crippen LogP contribution in [-0.2, 0) is 42.9 Å². The summed E-state index contributed by atoms with van der Waals surface area (Å²) >= 11 is 0. The van der Waals surface area contributed by atoms with Gasteiger partial charge in [-0.2, -0.15) is 0 Å². The summed E-state index contributed by atoms with van der Waals surface area (Å²) in [6, 6.07) is 0. The number of ketones is 2. The number of aliphatic hydroxyl groups excluding tert-OH is 1. The minimum Gasteiger partial charge on any atom is -0.459 e. The molecule has 218 valence electrons. The van der Waals surface area contributed by atoms with E-state index in [9.17, 15) is 29.4 Å². The average Bonchev–Trinajstić information content (AvgIpc) is 3.52. The third-order valence-corrected chi connectivity index (χ3v) is 12.4. The van der Waals surface area contributed by atoms with Crippen LogP contribution < -0.4 is 0 Å². The highest BCUT2D eigenvalue weighted by molar-refractivity contribution is 6.00. The molecule has 6 saturated heterocycles. The number of carbonyl (C=O) groups excluding carboxylic acids is 4. The van der Waals surface area contributed by atoms with Crippen LogP contribution in [0.25, 0.3) is 0 Å². The Kier molecular flexibility index (Phi) is 4.50. The Hall–Kier alpha value is -1.92. The van der Waals surface area contributed by atoms with E-state index in [1.165, 1.54) is 0 Å². The maximum atomic E-state index is 14.5. The highest BCUT2D eigenvalue weighted by Crippen LogP contribution is 2.71. The molecule has 11 nitrogen and oxygen atoms in total. The fraction of sp³-hybridized carbons (Fsp3) is 0.862. The van der Waals surface area contributed by atoms with E-state index >= 15 is 0 Å². The first kappa shape index (κ1) is 25.8. The predicted molar refractivity (Wildman–Crippen MR) is 130 cm³/mol. The number of Topliss-reactive ketones (excluding diaryl/α,β-unsaturated/α-hetero) is 2. The number of ether oxygens (including phenoxy) is 5. The van der Waals surface area contributed by atoms with Gasteiger partial charge in [-0.25, -0.2) is 0 Å². The van der Waals surface area contributed by atoms with Gasteiger partial charge in [-0.15, -0.1) is 0 Å². The molecule has 2 spiro atoms. The van der Waals surface area contributed by atoms with Crippen LogP contribution in [0.2, 0.25) is 0 Å². The summed E-state index contributed by atoms with van der Waals surface area (Å²) in [5.41, 5.74) is -5.87. The van der Waals surface area contributed by atoms with Crippen molar-refractivity contribution in [3.05, 3.63) is 0 Å². The molecule has 14 atom stereocenters. The summed E-state index contributed by atoms with van der Waals surface area (Å²) in [6.07, 6.45) is -2.62. The second kappa shape index (κ2) is 6.99. The van der Waals surface area contributed by atoms with Crippen molar-refractivity contribution in [2.75, 3.05) is 0 Å². The van der Waals surface area contributed by atoms with Crippen molar-refractivity contribution < 1.29 is 53.1 Å². The Labute approximate surface area is 231 Å². The maximum Gasteiger partial charge on any atom is 0.311 e. The maximum absolute atomic E-state index is 14.5. The van der Waals surface area contributed by atoms with Gasteiger partial charge < -0.3 is 33.9 Å². The standard InChI is InChI=1S/C29H36O11/c1-11-18-19(36-22(11)33)17-20-25(4,23(34)26(17,5)39-18)6-7-27-10-28-13(24(2,3)37-14(28)9-15(31)38-28)8-12(30)16(27)21(32)29(20,35)40-27/h11-14,16-20,30,35H,6-10H2,1-5H3/t11-,12+,13+,14-,16+,17-,18+,19+,20+,25+,26-,27+,28-,29+/m1/s1. The Morgan fingerprint density at radius 3 is 2.42 bits per heavy atom. The molecule has 6 heterocycles. The molecule has 0 aromatic rings. The molecular weight excluding hydrogens is 524 g/mol. The van der Waals surface area contributed by atoms with E-state index in [0.29, 0.717) is 0 Å². The first-order chi connectivity index (χ1) is 18.5. The van der Waals surface area contributed by atoms with Gasteiger partial charge in [0.1, 0.15) is 29.5 Å². The summed E-state index contributed by atoms with van der Waals surface area (Å²) in [5, 5.41) is 24.1. The van der Waals surface area contributed by atoms with Crippen LogP contribution in [0.15, 0.2) is 0 Å². The van der Waals surface area contributed by atoms with Crippen molar-refractivity contribution in [1.82, 2.24) is 0 Å². The van der Waals surface area contributed by atoms with E-state index in [1.807, 2.05) is 13.8 Å². The lowest BCUT2D eigenvalue weighted by atomic mass is 9.62. The number of hydrogen-bond donors (Lipinski definition) is 2. The molecule has 11 heteroatoms. The van der Waals surface area contributed by atoms with Crippen molar-refractivity contribution in [3.8, 4) is 0 Å². The second-order valence-corrected chi connectivity index (χ2v) is 14.7. The molecule has 0 aromatic carbocycles. The summed E-state index contributed by atoms with van der Waals surface area (Å²) < 4.78 is 31.0. The Morgan fingerprint density at radius 1 is 0.975 bits per heavy atom. The number of hydrogen-bond acceptors (Lipinski definition) is 11. The Bertz CT molecular complexity index is 1290. The largest absolute Gasteiger partial charge is 0.459 e. The number of esters is 2. The van der Waals surface area contributed by atoms with Gasteiger partial charge in [0, 0.05) is 29.6 Å². The highest BCUT2D eigenvalue weighted by Gasteiger charge is 2.84. The average molecular weight is 561 g/mol. The quantitative estimate of drug-likeness (QED) is 0.400. The summed E-state index contributed by atoms with van der Waals surface area (Å²) in [7, 11) is 0. The molecule has 2 saturated carbocycles. The smallest absolute Gasteiger partial charge is 0.311 e. The highest BCUT2D eigenvalue weighted by atomic mass is 16.7. The van der Waals surface area contributed by atoms with Crippen molar-refractivity contribution in [2.24, 2.45) is 35.0 Å². The lowest BCUT2D eigenvalue weighted by Crippen LogP contribution is -2.55. The van der Waals surface area contributed by atoms with Gasteiger partial charge in [0.15, 0.2) is 5.78 Å². The molecule has 8 rings (SSSR count). The Morgan fingerprint density at radius 2 is 1.70 bits per heavy atom. The monoisotopic (exact) mass is 560 g/mol. The van der Waals surface area contributed by atoms with Crippen molar-refractivity contribution in [3.63, 3.8) is 0 Å². The molecule has 2 aliphatic carbocycles. The zero-order chi connectivity index (χ0) is 28.6.